The maximum Gasteiger partial charge on any atom is 0.119 e. The molecule has 0 saturated carbocycles. The molecule has 0 spiro atoms. The van der Waals surface area contributed by atoms with Crippen LogP contribution in [0.2, 0.25) is 0 Å². The van der Waals surface area contributed by atoms with Gasteiger partial charge in [0.2, 0.25) is 0 Å². The van der Waals surface area contributed by atoms with Gasteiger partial charge in [-0.05, 0) is 164 Å². The maximum absolute atomic E-state index is 6.42. The number of thiophene rings is 3. The van der Waals surface area contributed by atoms with Crippen molar-refractivity contribution in [3.8, 4) is 69.8 Å². The van der Waals surface area contributed by atoms with Crippen molar-refractivity contribution in [2.24, 2.45) is 0 Å². The fourth-order valence-corrected chi connectivity index (χ4v) is 12.8. The Morgan fingerprint density at radius 3 is 1.26 bits per heavy atom. The molecular weight excluding hydrogens is 937 g/mol. The average Bonchev–Trinajstić information content (AvgIpc) is 4.26. The van der Waals surface area contributed by atoms with Crippen molar-refractivity contribution in [1.82, 2.24) is 19.9 Å². The van der Waals surface area contributed by atoms with Crippen molar-refractivity contribution in [1.29, 1.82) is 0 Å². The second kappa shape index (κ2) is 19.9. The summed E-state index contributed by atoms with van der Waals surface area (Å²) in [5, 5.41) is 4.35. The predicted octanol–water partition coefficient (Wildman–Crippen LogP) is 18.6. The number of nitrogens with zero attached hydrogens (tertiary/aromatic N) is 2. The lowest BCUT2D eigenvalue weighted by Gasteiger charge is -2.09. The largest absolute Gasteiger partial charge is 0.494 e. The maximum atomic E-state index is 6.42. The van der Waals surface area contributed by atoms with Crippen LogP contribution in [0.4, 0.5) is 0 Å². The van der Waals surface area contributed by atoms with Crippen LogP contribution in [0.5, 0.6) is 5.75 Å². The Morgan fingerprint density at radius 1 is 0.431 bits per heavy atom. The minimum absolute atomic E-state index is 0.670. The number of benzene rings is 4. The number of unbranched alkanes of at least 4 members (excludes halogenated alkanes) is 2. The minimum atomic E-state index is 0.670. The van der Waals surface area contributed by atoms with Crippen LogP contribution in [0, 0.1) is 20.8 Å². The molecule has 2 aliphatic heterocycles. The molecule has 0 saturated heterocycles. The molecule has 2 aliphatic rings. The van der Waals surface area contributed by atoms with Crippen LogP contribution in [0.15, 0.2) is 162 Å². The summed E-state index contributed by atoms with van der Waals surface area (Å²) in [7, 11) is 0. The van der Waals surface area contributed by atoms with E-state index in [1.54, 1.807) is 0 Å². The molecule has 0 atom stereocenters. The Labute approximate surface area is 432 Å². The molecule has 8 bridgehead atoms. The van der Waals surface area contributed by atoms with Crippen molar-refractivity contribution in [2.45, 2.75) is 46.5 Å². The molecule has 0 unspecified atom stereocenters. The number of ether oxygens (including phenoxy) is 1. The van der Waals surface area contributed by atoms with E-state index in [4.69, 9.17) is 14.7 Å². The predicted molar refractivity (Wildman–Crippen MR) is 309 cm³/mol. The number of hydrogen-bond acceptors (Lipinski definition) is 6. The molecule has 0 amide bonds. The van der Waals surface area contributed by atoms with Crippen LogP contribution >= 0.6 is 34.0 Å². The van der Waals surface area contributed by atoms with Gasteiger partial charge in [-0.2, -0.15) is 0 Å². The first-order valence-corrected chi connectivity index (χ1v) is 27.3. The van der Waals surface area contributed by atoms with E-state index in [1.165, 1.54) is 41.8 Å². The molecule has 10 aromatic rings. The van der Waals surface area contributed by atoms with Crippen molar-refractivity contribution in [2.75, 3.05) is 6.61 Å². The van der Waals surface area contributed by atoms with Gasteiger partial charge in [-0.3, -0.25) is 0 Å². The molecule has 8 heterocycles. The van der Waals surface area contributed by atoms with Crippen LogP contribution in [-0.4, -0.2) is 26.5 Å². The molecule has 0 radical (unpaired) electrons. The van der Waals surface area contributed by atoms with E-state index >= 15 is 0 Å². The van der Waals surface area contributed by atoms with Crippen molar-refractivity contribution < 1.29 is 4.74 Å². The van der Waals surface area contributed by atoms with Crippen LogP contribution in [0.3, 0.4) is 0 Å². The summed E-state index contributed by atoms with van der Waals surface area (Å²) in [5.74, 6) is 0.863. The average molecular weight is 989 g/mol. The van der Waals surface area contributed by atoms with E-state index in [1.807, 2.05) is 34.0 Å². The molecule has 0 aliphatic carbocycles. The van der Waals surface area contributed by atoms with Gasteiger partial charge >= 0.3 is 0 Å². The third-order valence-electron chi connectivity index (χ3n) is 13.6. The summed E-state index contributed by atoms with van der Waals surface area (Å²) >= 11 is 5.57. The lowest BCUT2D eigenvalue weighted by atomic mass is 10.0. The molecule has 352 valence electrons. The molecule has 0 fully saturated rings. The fraction of sp³-hybridized carbons (Fsp3) is 0.125. The highest BCUT2D eigenvalue weighted by Crippen LogP contribution is 2.43. The number of rotatable bonds is 13. The van der Waals surface area contributed by atoms with E-state index in [0.717, 1.165) is 121 Å². The molecule has 2 N–H and O–H groups in total. The molecule has 12 rings (SSSR count). The van der Waals surface area contributed by atoms with Gasteiger partial charge in [-0.1, -0.05) is 114 Å². The second-order valence-electron chi connectivity index (χ2n) is 18.7. The summed E-state index contributed by atoms with van der Waals surface area (Å²) in [6.07, 6.45) is 12.9. The lowest BCUT2D eigenvalue weighted by Crippen LogP contribution is -1.98. The van der Waals surface area contributed by atoms with Gasteiger partial charge in [0.05, 0.1) is 29.4 Å². The Hall–Kier alpha value is -7.62. The quantitative estimate of drug-likeness (QED) is 0.113. The number of aromatic amines is 2. The van der Waals surface area contributed by atoms with Crippen LogP contribution < -0.4 is 4.74 Å². The molecule has 8 heteroatoms. The topological polar surface area (TPSA) is 66.6 Å². The van der Waals surface area contributed by atoms with Crippen LogP contribution in [0.25, 0.3) is 110 Å². The molecule has 4 aromatic carbocycles. The Balaban J connectivity index is 0.919. The van der Waals surface area contributed by atoms with Crippen molar-refractivity contribution in [3.63, 3.8) is 0 Å². The Morgan fingerprint density at radius 2 is 0.847 bits per heavy atom. The number of nitrogens with one attached hydrogen (secondary N) is 2. The van der Waals surface area contributed by atoms with Gasteiger partial charge in [0, 0.05) is 63.8 Å². The van der Waals surface area contributed by atoms with E-state index in [2.05, 4.69) is 217 Å². The first-order chi connectivity index (χ1) is 35.4. The first-order valence-electron chi connectivity index (χ1n) is 24.7. The Bertz CT molecular complexity index is 3750. The Kier molecular flexibility index (Phi) is 12.6. The first kappa shape index (κ1) is 45.5. The van der Waals surface area contributed by atoms with Gasteiger partial charge < -0.3 is 14.7 Å². The van der Waals surface area contributed by atoms with E-state index in [-0.39, 0.29) is 0 Å². The summed E-state index contributed by atoms with van der Waals surface area (Å²) in [5.41, 5.74) is 21.0. The zero-order valence-electron chi connectivity index (χ0n) is 40.5. The van der Waals surface area contributed by atoms with Crippen LogP contribution in [0.1, 0.15) is 64.3 Å². The highest BCUT2D eigenvalue weighted by atomic mass is 32.1. The normalized spacial score (nSPS) is 12.0. The number of fused-ring (bicyclic) bond motifs is 8. The third kappa shape index (κ3) is 9.25. The number of aryl methyl sites for hydroxylation is 4. The summed E-state index contributed by atoms with van der Waals surface area (Å²) in [6.45, 7) is 7.05. The summed E-state index contributed by atoms with van der Waals surface area (Å²) in [6, 6.07) is 54.7. The highest BCUT2D eigenvalue weighted by molar-refractivity contribution is 7.26. The summed E-state index contributed by atoms with van der Waals surface area (Å²) < 4.78 is 6.42. The minimum Gasteiger partial charge on any atom is -0.494 e. The van der Waals surface area contributed by atoms with Gasteiger partial charge in [0.25, 0.3) is 0 Å². The van der Waals surface area contributed by atoms with Crippen LogP contribution in [-0.2, 0) is 6.42 Å². The van der Waals surface area contributed by atoms with Gasteiger partial charge in [0.15, 0.2) is 0 Å². The summed E-state index contributed by atoms with van der Waals surface area (Å²) in [4.78, 5) is 24.3. The molecule has 5 nitrogen and oxygen atoms in total. The molecule has 72 heavy (non-hydrogen) atoms. The van der Waals surface area contributed by atoms with Gasteiger partial charge in [-0.25, -0.2) is 9.97 Å². The number of hydrogen-bond donors (Lipinski definition) is 2. The zero-order chi connectivity index (χ0) is 48.5. The smallest absolute Gasteiger partial charge is 0.119 e. The van der Waals surface area contributed by atoms with E-state index in [9.17, 15) is 0 Å². The third-order valence-corrected chi connectivity index (χ3v) is 16.9. The van der Waals surface area contributed by atoms with Gasteiger partial charge in [-0.15, -0.1) is 34.0 Å². The van der Waals surface area contributed by atoms with Crippen molar-refractivity contribution >= 4 is 80.4 Å². The standard InChI is InChI=1S/C64H52N4OS3/c1-40-12-18-43(19-13-40)60-49-28-30-51(65-49)61(44-20-14-41(2)15-21-44)53-32-34-55(67-53)63(56-35-33-54(68-56)62(52-31-29-50(60)66-52)45-22-16-42(3)17-23-45)46-24-26-48(27-25-46)69-36-6-4-5-9-47-39-59(57-10-7-37-70-57)72-64(47)58-11-8-38-71-58/h7-8,10-35,37-39,65,68H,4-6,9,36H2,1-3H3. The monoisotopic (exact) mass is 988 g/mol. The number of H-pyrrole nitrogens is 2. The number of aromatic nitrogens is 4. The van der Waals surface area contributed by atoms with E-state index < -0.39 is 0 Å². The lowest BCUT2D eigenvalue weighted by molar-refractivity contribution is 0.305. The fourth-order valence-electron chi connectivity index (χ4n) is 9.85. The molecule has 6 aromatic heterocycles. The van der Waals surface area contributed by atoms with Crippen molar-refractivity contribution in [3.05, 3.63) is 207 Å². The molecular formula is C64H52N4OS3. The SMILES string of the molecule is Cc1ccc(-c2c3nc(c(-c4ccc(C)cc4)c4ccc([nH]4)c(-c4ccc(OCCCCCc5cc(-c6cccs6)sc5-c5cccs5)cc4)c4nc(c(-c5ccc(C)cc5)c5ccc2[nH]5)C=C4)C=C3)cc1. The van der Waals surface area contributed by atoms with E-state index in [0.29, 0.717) is 6.61 Å². The zero-order valence-corrected chi connectivity index (χ0v) is 42.9. The highest BCUT2D eigenvalue weighted by Gasteiger charge is 2.20. The van der Waals surface area contributed by atoms with Gasteiger partial charge in [0.1, 0.15) is 5.75 Å². The second-order valence-corrected chi connectivity index (χ2v) is 21.7.